The van der Waals surface area contributed by atoms with Crippen molar-refractivity contribution in [3.05, 3.63) is 169 Å². The zero-order valence-corrected chi connectivity index (χ0v) is 25.9. The van der Waals surface area contributed by atoms with Crippen molar-refractivity contribution in [1.29, 1.82) is 5.41 Å². The van der Waals surface area contributed by atoms with Crippen LogP contribution < -0.4 is 5.73 Å². The standard InChI is InChI=1S/C44H29N3O/c45-43(34-21-22-36-33(25-34)19-17-29-12-6-13-35(41(29)36)28-9-2-1-3-10-28)47-44(46)38-14-7-15-39-42(38)37-23-20-32(26-40(37)48-39)31-18-16-27-8-4-5-11-30(27)24-31/h1-26H,(H3,45,46,47). The number of fused-ring (bicyclic) bond motifs is 7. The minimum absolute atomic E-state index is 0.106. The van der Waals surface area contributed by atoms with Crippen LogP contribution in [0.5, 0.6) is 0 Å². The maximum absolute atomic E-state index is 8.95. The lowest BCUT2D eigenvalue weighted by Crippen LogP contribution is -2.16. The van der Waals surface area contributed by atoms with Crippen molar-refractivity contribution in [2.45, 2.75) is 0 Å². The van der Waals surface area contributed by atoms with Crippen LogP contribution in [0, 0.1) is 5.41 Å². The summed E-state index contributed by atoms with van der Waals surface area (Å²) in [5, 5.41) is 17.8. The highest BCUT2D eigenvalue weighted by Crippen LogP contribution is 2.36. The van der Waals surface area contributed by atoms with Gasteiger partial charge in [0, 0.05) is 21.9 Å². The number of furan rings is 1. The molecule has 0 aliphatic rings. The predicted octanol–water partition coefficient (Wildman–Crippen LogP) is 11.1. The third-order valence-corrected chi connectivity index (χ3v) is 9.31. The molecule has 0 fully saturated rings. The normalized spacial score (nSPS) is 12.0. The number of hydrogen-bond acceptors (Lipinski definition) is 2. The van der Waals surface area contributed by atoms with Crippen molar-refractivity contribution in [1.82, 2.24) is 0 Å². The molecule has 1 heterocycles. The number of nitrogens with zero attached hydrogens (tertiary/aromatic N) is 1. The summed E-state index contributed by atoms with van der Waals surface area (Å²) in [5.41, 5.74) is 14.2. The summed E-state index contributed by atoms with van der Waals surface area (Å²) in [6.07, 6.45) is 0. The summed E-state index contributed by atoms with van der Waals surface area (Å²) in [6, 6.07) is 54.2. The number of rotatable bonds is 4. The molecule has 0 atom stereocenters. The lowest BCUT2D eigenvalue weighted by atomic mass is 9.93. The molecule has 0 aliphatic carbocycles. The van der Waals surface area contributed by atoms with E-state index in [4.69, 9.17) is 15.6 Å². The van der Waals surface area contributed by atoms with Gasteiger partial charge in [0.2, 0.25) is 0 Å². The van der Waals surface area contributed by atoms with Crippen molar-refractivity contribution in [3.63, 3.8) is 0 Å². The summed E-state index contributed by atoms with van der Waals surface area (Å²) < 4.78 is 6.34. The van der Waals surface area contributed by atoms with Crippen LogP contribution >= 0.6 is 0 Å². The first-order valence-electron chi connectivity index (χ1n) is 16.0. The molecule has 0 amide bonds. The van der Waals surface area contributed by atoms with Gasteiger partial charge < -0.3 is 10.2 Å². The summed E-state index contributed by atoms with van der Waals surface area (Å²) in [6.45, 7) is 0. The summed E-state index contributed by atoms with van der Waals surface area (Å²) in [5.74, 6) is 0.381. The third-order valence-electron chi connectivity index (χ3n) is 9.31. The van der Waals surface area contributed by atoms with Gasteiger partial charge >= 0.3 is 0 Å². The van der Waals surface area contributed by atoms with Gasteiger partial charge in [0.1, 0.15) is 17.0 Å². The van der Waals surface area contributed by atoms with Gasteiger partial charge in [-0.15, -0.1) is 0 Å². The Morgan fingerprint density at radius 3 is 2.10 bits per heavy atom. The Balaban J connectivity index is 1.08. The molecule has 4 nitrogen and oxygen atoms in total. The number of nitrogens with two attached hydrogens (primary N) is 1. The molecule has 3 N–H and O–H groups in total. The topological polar surface area (TPSA) is 75.4 Å². The largest absolute Gasteiger partial charge is 0.456 e. The maximum Gasteiger partial charge on any atom is 0.154 e. The monoisotopic (exact) mass is 615 g/mol. The van der Waals surface area contributed by atoms with E-state index in [1.165, 1.54) is 32.7 Å². The highest BCUT2D eigenvalue weighted by Gasteiger charge is 2.16. The van der Waals surface area contributed by atoms with Crippen LogP contribution in [-0.4, -0.2) is 11.7 Å². The predicted molar refractivity (Wildman–Crippen MR) is 201 cm³/mol. The molecule has 0 spiro atoms. The van der Waals surface area contributed by atoms with Gasteiger partial charge in [0.25, 0.3) is 0 Å². The minimum atomic E-state index is 0.106. The fourth-order valence-electron chi connectivity index (χ4n) is 6.96. The second-order valence-corrected chi connectivity index (χ2v) is 12.2. The zero-order valence-electron chi connectivity index (χ0n) is 25.9. The summed E-state index contributed by atoms with van der Waals surface area (Å²) >= 11 is 0. The van der Waals surface area contributed by atoms with Gasteiger partial charge in [-0.1, -0.05) is 127 Å². The highest BCUT2D eigenvalue weighted by molar-refractivity contribution is 6.21. The lowest BCUT2D eigenvalue weighted by molar-refractivity contribution is 0.669. The van der Waals surface area contributed by atoms with Crippen LogP contribution in [0.2, 0.25) is 0 Å². The molecule has 0 saturated heterocycles. The molecule has 4 heteroatoms. The van der Waals surface area contributed by atoms with Crippen molar-refractivity contribution < 1.29 is 4.42 Å². The molecule has 9 rings (SSSR count). The van der Waals surface area contributed by atoms with E-state index < -0.39 is 0 Å². The first-order chi connectivity index (χ1) is 23.6. The maximum atomic E-state index is 8.95. The molecule has 0 saturated carbocycles. The number of hydrogen-bond donors (Lipinski definition) is 2. The fraction of sp³-hybridized carbons (Fsp3) is 0. The Bertz CT molecular complexity index is 2760. The van der Waals surface area contributed by atoms with Gasteiger partial charge in [0.05, 0.1) is 0 Å². The average Bonchev–Trinajstić information content (AvgIpc) is 3.52. The molecule has 0 unspecified atom stereocenters. The molecule has 1 aromatic heterocycles. The Morgan fingerprint density at radius 1 is 0.500 bits per heavy atom. The van der Waals surface area contributed by atoms with E-state index in [9.17, 15) is 0 Å². The van der Waals surface area contributed by atoms with E-state index >= 15 is 0 Å². The Morgan fingerprint density at radius 2 is 1.21 bits per heavy atom. The van der Waals surface area contributed by atoms with Gasteiger partial charge in [-0.05, 0) is 84.9 Å². The number of amidine groups is 2. The van der Waals surface area contributed by atoms with E-state index in [-0.39, 0.29) is 11.7 Å². The molecular weight excluding hydrogens is 587 g/mol. The van der Waals surface area contributed by atoms with Crippen LogP contribution in [-0.2, 0) is 0 Å². The molecular formula is C44H29N3O. The molecule has 0 bridgehead atoms. The molecule has 0 aliphatic heterocycles. The molecule has 48 heavy (non-hydrogen) atoms. The first kappa shape index (κ1) is 27.8. The third kappa shape index (κ3) is 4.62. The van der Waals surface area contributed by atoms with Gasteiger partial charge in [0.15, 0.2) is 5.84 Å². The van der Waals surface area contributed by atoms with E-state index in [2.05, 4.69) is 126 Å². The number of nitrogens with one attached hydrogen (secondary N) is 1. The van der Waals surface area contributed by atoms with Crippen LogP contribution in [0.3, 0.4) is 0 Å². The zero-order chi connectivity index (χ0) is 32.2. The van der Waals surface area contributed by atoms with Crippen molar-refractivity contribution >= 4 is 65.9 Å². The quantitative estimate of drug-likeness (QED) is 0.117. The molecule has 226 valence electrons. The average molecular weight is 616 g/mol. The van der Waals surface area contributed by atoms with Crippen molar-refractivity contribution in [2.24, 2.45) is 10.7 Å². The second-order valence-electron chi connectivity index (χ2n) is 12.2. The van der Waals surface area contributed by atoms with Crippen molar-refractivity contribution in [3.8, 4) is 22.3 Å². The van der Waals surface area contributed by atoms with E-state index in [0.717, 1.165) is 49.4 Å². The Hall–Kier alpha value is -6.52. The van der Waals surface area contributed by atoms with Crippen LogP contribution in [0.15, 0.2) is 167 Å². The number of benzene rings is 8. The van der Waals surface area contributed by atoms with E-state index in [1.807, 2.05) is 36.4 Å². The van der Waals surface area contributed by atoms with Crippen LogP contribution in [0.4, 0.5) is 0 Å². The minimum Gasteiger partial charge on any atom is -0.456 e. The van der Waals surface area contributed by atoms with Crippen molar-refractivity contribution in [2.75, 3.05) is 0 Å². The van der Waals surface area contributed by atoms with Crippen LogP contribution in [0.25, 0.3) is 76.5 Å². The summed E-state index contributed by atoms with van der Waals surface area (Å²) in [4.78, 5) is 4.62. The SMILES string of the molecule is N=C(/N=C(\N)c1cccc2oc3cc(-c4ccc5ccccc5c4)ccc3c12)c1ccc2c(ccc3cccc(-c4ccccc4)c32)c1. The molecule has 9 aromatic rings. The van der Waals surface area contributed by atoms with Gasteiger partial charge in [-0.3, -0.25) is 5.41 Å². The summed E-state index contributed by atoms with van der Waals surface area (Å²) in [7, 11) is 0. The second kappa shape index (κ2) is 11.1. The smallest absolute Gasteiger partial charge is 0.154 e. The fourth-order valence-corrected chi connectivity index (χ4v) is 6.96. The van der Waals surface area contributed by atoms with E-state index in [1.54, 1.807) is 0 Å². The first-order valence-corrected chi connectivity index (χ1v) is 16.0. The van der Waals surface area contributed by atoms with Crippen LogP contribution in [0.1, 0.15) is 11.1 Å². The molecule has 0 radical (unpaired) electrons. The van der Waals surface area contributed by atoms with E-state index in [0.29, 0.717) is 5.56 Å². The number of aliphatic imine (C=N–C) groups is 1. The van der Waals surface area contributed by atoms with Gasteiger partial charge in [-0.2, -0.15) is 0 Å². The molecule has 8 aromatic carbocycles. The lowest BCUT2D eigenvalue weighted by Gasteiger charge is -2.11. The Labute approximate surface area is 276 Å². The van der Waals surface area contributed by atoms with Gasteiger partial charge in [-0.25, -0.2) is 4.99 Å². The Kier molecular flexibility index (Phi) is 6.41. The highest BCUT2D eigenvalue weighted by atomic mass is 16.3.